The van der Waals surface area contributed by atoms with Crippen LogP contribution in [-0.2, 0) is 18.6 Å². The Hall–Kier alpha value is -0.810. The van der Waals surface area contributed by atoms with Crippen LogP contribution >= 0.6 is 7.82 Å². The van der Waals surface area contributed by atoms with Gasteiger partial charge in [0, 0.05) is 0 Å². The van der Waals surface area contributed by atoms with Crippen molar-refractivity contribution in [2.24, 2.45) is 0 Å². The first-order valence-corrected chi connectivity index (χ1v) is 6.95. The van der Waals surface area contributed by atoms with Crippen LogP contribution in [0.4, 0.5) is 8.78 Å². The Morgan fingerprint density at radius 1 is 1.45 bits per heavy atom. The zero-order chi connectivity index (χ0) is 16.0. The van der Waals surface area contributed by atoms with Gasteiger partial charge in [-0.05, 0) is 13.8 Å². The van der Waals surface area contributed by atoms with Crippen LogP contribution in [-0.4, -0.2) is 40.8 Å². The van der Waals surface area contributed by atoms with Crippen molar-refractivity contribution in [3.8, 4) is 12.3 Å². The van der Waals surface area contributed by atoms with Gasteiger partial charge in [0.25, 0.3) is 0 Å². The summed E-state index contributed by atoms with van der Waals surface area (Å²) in [6.45, 7) is 4.62. The molecule has 2 N–H and O–H groups in total. The van der Waals surface area contributed by atoms with Gasteiger partial charge in [-0.25, -0.2) is 4.57 Å². The van der Waals surface area contributed by atoms with Gasteiger partial charge in [-0.15, -0.1) is 13.0 Å². The third kappa shape index (κ3) is 7.70. The standard InChI is InChI=1S/C11H17F2O6P/c1-5-7-17-11(12,13)9(19-20(14,15)16)8-18-10(3,4)6-2/h2,5,9H,1,7-8H2,3-4H3,(H2,14,15,16). The van der Waals surface area contributed by atoms with E-state index in [1.807, 2.05) is 0 Å². The molecule has 0 aliphatic heterocycles. The van der Waals surface area contributed by atoms with E-state index in [-0.39, 0.29) is 0 Å². The topological polar surface area (TPSA) is 85.2 Å². The summed E-state index contributed by atoms with van der Waals surface area (Å²) in [5, 5.41) is 0. The van der Waals surface area contributed by atoms with Gasteiger partial charge in [-0.3, -0.25) is 4.52 Å². The van der Waals surface area contributed by atoms with E-state index < -0.39 is 38.9 Å². The average molecular weight is 314 g/mol. The van der Waals surface area contributed by atoms with E-state index in [2.05, 4.69) is 21.8 Å². The Labute approximate surface area is 116 Å². The van der Waals surface area contributed by atoms with Crippen LogP contribution < -0.4 is 0 Å². The van der Waals surface area contributed by atoms with Gasteiger partial charge in [0.2, 0.25) is 0 Å². The number of alkyl halides is 2. The molecule has 0 aromatic rings. The van der Waals surface area contributed by atoms with Gasteiger partial charge in [0.1, 0.15) is 5.60 Å². The summed E-state index contributed by atoms with van der Waals surface area (Å²) in [6.07, 6.45) is -0.151. The maximum Gasteiger partial charge on any atom is 0.470 e. The second kappa shape index (κ2) is 7.27. The molecule has 0 rings (SSSR count). The highest BCUT2D eigenvalue weighted by Gasteiger charge is 2.46. The lowest BCUT2D eigenvalue weighted by atomic mass is 10.1. The monoisotopic (exact) mass is 314 g/mol. The molecule has 1 unspecified atom stereocenters. The molecule has 0 amide bonds. The number of rotatable bonds is 9. The predicted octanol–water partition coefficient (Wildman–Crippen LogP) is 1.69. The third-order valence-corrected chi connectivity index (χ3v) is 2.51. The second-order valence-electron chi connectivity index (χ2n) is 4.21. The Bertz CT molecular complexity index is 412. The van der Waals surface area contributed by atoms with E-state index in [1.165, 1.54) is 13.8 Å². The molecule has 9 heteroatoms. The first-order chi connectivity index (χ1) is 8.93. The molecule has 0 saturated heterocycles. The minimum atomic E-state index is -5.16. The van der Waals surface area contributed by atoms with Crippen molar-refractivity contribution in [1.82, 2.24) is 0 Å². The van der Waals surface area contributed by atoms with Crippen LogP contribution in [0.2, 0.25) is 0 Å². The van der Waals surface area contributed by atoms with Crippen LogP contribution in [0.25, 0.3) is 0 Å². The maximum absolute atomic E-state index is 13.6. The summed E-state index contributed by atoms with van der Waals surface area (Å²) >= 11 is 0. The number of hydrogen-bond donors (Lipinski definition) is 2. The fourth-order valence-electron chi connectivity index (χ4n) is 0.943. The van der Waals surface area contributed by atoms with Crippen LogP contribution in [0, 0.1) is 12.3 Å². The summed E-state index contributed by atoms with van der Waals surface area (Å²) in [6, 6.07) is 0. The zero-order valence-corrected chi connectivity index (χ0v) is 12.0. The van der Waals surface area contributed by atoms with Gasteiger partial charge in [-0.2, -0.15) is 8.78 Å². The van der Waals surface area contributed by atoms with E-state index in [0.29, 0.717) is 0 Å². The molecule has 0 radical (unpaired) electrons. The van der Waals surface area contributed by atoms with E-state index in [4.69, 9.17) is 20.9 Å². The summed E-state index contributed by atoms with van der Waals surface area (Å²) < 4.78 is 51.1. The zero-order valence-electron chi connectivity index (χ0n) is 11.1. The maximum atomic E-state index is 13.6. The highest BCUT2D eigenvalue weighted by atomic mass is 31.2. The van der Waals surface area contributed by atoms with E-state index >= 15 is 0 Å². The molecule has 116 valence electrons. The Balaban J connectivity index is 4.95. The fraction of sp³-hybridized carbons (Fsp3) is 0.636. The van der Waals surface area contributed by atoms with Gasteiger partial charge < -0.3 is 19.3 Å². The number of halogens is 2. The summed E-state index contributed by atoms with van der Waals surface area (Å²) in [5.74, 6) is 2.18. The molecule has 0 saturated carbocycles. The van der Waals surface area contributed by atoms with Gasteiger partial charge >= 0.3 is 13.9 Å². The van der Waals surface area contributed by atoms with Gasteiger partial charge in [0.15, 0.2) is 6.10 Å². The van der Waals surface area contributed by atoms with Gasteiger partial charge in [0.05, 0.1) is 13.2 Å². The normalized spacial score (nSPS) is 14.7. The van der Waals surface area contributed by atoms with E-state index in [1.54, 1.807) is 0 Å². The minimum absolute atomic E-state index is 0.535. The molecule has 0 aliphatic carbocycles. The highest BCUT2D eigenvalue weighted by molar-refractivity contribution is 7.46. The van der Waals surface area contributed by atoms with Crippen molar-refractivity contribution in [1.29, 1.82) is 0 Å². The summed E-state index contributed by atoms with van der Waals surface area (Å²) in [5.41, 5.74) is -1.20. The number of phosphoric acid groups is 1. The lowest BCUT2D eigenvalue weighted by Gasteiger charge is -2.28. The number of terminal acetylenes is 1. The molecule has 1 atom stereocenters. The first kappa shape index (κ1) is 19.2. The van der Waals surface area contributed by atoms with Crippen molar-refractivity contribution in [3.05, 3.63) is 12.7 Å². The number of ether oxygens (including phenoxy) is 2. The SMILES string of the molecule is C#CC(C)(C)OCC(OP(=O)(O)O)C(F)(F)OCC=C. The van der Waals surface area contributed by atoms with Crippen molar-refractivity contribution >= 4 is 7.82 Å². The average Bonchev–Trinajstić information content (AvgIpc) is 2.30. The van der Waals surface area contributed by atoms with E-state index in [0.717, 1.165) is 6.08 Å². The number of phosphoric ester groups is 1. The Morgan fingerprint density at radius 3 is 2.40 bits per heavy atom. The molecule has 0 fully saturated rings. The molecule has 0 bridgehead atoms. The minimum Gasteiger partial charge on any atom is -0.360 e. The van der Waals surface area contributed by atoms with E-state index in [9.17, 15) is 13.3 Å². The fourth-order valence-corrected chi connectivity index (χ4v) is 1.46. The second-order valence-corrected chi connectivity index (χ2v) is 5.40. The molecule has 20 heavy (non-hydrogen) atoms. The van der Waals surface area contributed by atoms with Gasteiger partial charge in [-0.1, -0.05) is 12.0 Å². The van der Waals surface area contributed by atoms with Crippen LogP contribution in [0.5, 0.6) is 0 Å². The number of hydrogen-bond acceptors (Lipinski definition) is 4. The highest BCUT2D eigenvalue weighted by Crippen LogP contribution is 2.41. The summed E-state index contributed by atoms with van der Waals surface area (Å²) in [7, 11) is -5.16. The lowest BCUT2D eigenvalue weighted by Crippen LogP contribution is -2.43. The molecular formula is C11H17F2O6P. The molecule has 0 spiro atoms. The lowest BCUT2D eigenvalue weighted by molar-refractivity contribution is -0.289. The molecular weight excluding hydrogens is 297 g/mol. The molecule has 0 aromatic heterocycles. The Kier molecular flexibility index (Phi) is 6.98. The first-order valence-electron chi connectivity index (χ1n) is 5.42. The molecule has 0 aliphatic rings. The third-order valence-electron chi connectivity index (χ3n) is 1.98. The van der Waals surface area contributed by atoms with Crippen LogP contribution in [0.15, 0.2) is 12.7 Å². The van der Waals surface area contributed by atoms with Crippen molar-refractivity contribution in [3.63, 3.8) is 0 Å². The van der Waals surface area contributed by atoms with Crippen LogP contribution in [0.3, 0.4) is 0 Å². The van der Waals surface area contributed by atoms with Crippen molar-refractivity contribution in [2.75, 3.05) is 13.2 Å². The molecule has 0 heterocycles. The molecule has 6 nitrogen and oxygen atoms in total. The summed E-state index contributed by atoms with van der Waals surface area (Å²) in [4.78, 5) is 17.3. The molecule has 0 aromatic carbocycles. The Morgan fingerprint density at radius 2 is 2.00 bits per heavy atom. The van der Waals surface area contributed by atoms with Crippen molar-refractivity contribution < 1.29 is 37.1 Å². The van der Waals surface area contributed by atoms with Crippen molar-refractivity contribution in [2.45, 2.75) is 31.7 Å². The largest absolute Gasteiger partial charge is 0.470 e. The quantitative estimate of drug-likeness (QED) is 0.383. The smallest absolute Gasteiger partial charge is 0.360 e. The van der Waals surface area contributed by atoms with Crippen LogP contribution in [0.1, 0.15) is 13.8 Å². The predicted molar refractivity (Wildman–Crippen MR) is 66.9 cm³/mol.